The van der Waals surface area contributed by atoms with Gasteiger partial charge >= 0.3 is 11.9 Å². The Bertz CT molecular complexity index is 627. The molecular weight excluding hydrogens is 324 g/mol. The van der Waals surface area contributed by atoms with Gasteiger partial charge in [0.25, 0.3) is 0 Å². The minimum atomic E-state index is -0.716. The highest BCUT2D eigenvalue weighted by Gasteiger charge is 2.27. The monoisotopic (exact) mass is 340 g/mol. The third-order valence-electron chi connectivity index (χ3n) is 2.95. The van der Waals surface area contributed by atoms with Crippen LogP contribution in [0, 0.1) is 0 Å². The molecule has 0 saturated heterocycles. The molecule has 1 aromatic heterocycles. The zero-order chi connectivity index (χ0) is 16.8. The summed E-state index contributed by atoms with van der Waals surface area (Å²) in [7, 11) is 0. The molecule has 0 atom stereocenters. The molecule has 0 spiro atoms. The van der Waals surface area contributed by atoms with Crippen LogP contribution in [0.1, 0.15) is 19.8 Å². The van der Waals surface area contributed by atoms with Crippen molar-refractivity contribution in [2.75, 3.05) is 30.0 Å². The van der Waals surface area contributed by atoms with Crippen molar-refractivity contribution in [3.8, 4) is 0 Å². The van der Waals surface area contributed by atoms with Gasteiger partial charge in [-0.05, 0) is 18.4 Å². The van der Waals surface area contributed by atoms with Gasteiger partial charge in [-0.15, -0.1) is 11.3 Å². The molecule has 0 bridgehead atoms. The lowest BCUT2D eigenvalue weighted by Gasteiger charge is -2.19. The summed E-state index contributed by atoms with van der Waals surface area (Å²) in [6.45, 7) is 1.87. The van der Waals surface area contributed by atoms with Gasteiger partial charge in [0, 0.05) is 0 Å². The van der Waals surface area contributed by atoms with E-state index in [9.17, 15) is 19.2 Å². The smallest absolute Gasteiger partial charge is 0.317 e. The molecule has 2 rings (SSSR count). The molecule has 124 valence electrons. The van der Waals surface area contributed by atoms with Gasteiger partial charge in [0.05, 0.1) is 18.8 Å². The summed E-state index contributed by atoms with van der Waals surface area (Å²) in [5.41, 5.74) is 0.559. The standard InChI is InChI=1S/C14H16N2O6S/c1-2-21-12(19)8-13(20)22-5-4-16-11(18)7-10(17)15-9-3-6-23-14(9)16/h3,6H,2,4-5,7-8H2,1H3,(H,15,17). The van der Waals surface area contributed by atoms with Gasteiger partial charge in [-0.1, -0.05) is 0 Å². The highest BCUT2D eigenvalue weighted by Crippen LogP contribution is 2.34. The second-order valence-electron chi connectivity index (χ2n) is 4.61. The lowest BCUT2D eigenvalue weighted by Crippen LogP contribution is -2.34. The second-order valence-corrected chi connectivity index (χ2v) is 5.51. The quantitative estimate of drug-likeness (QED) is 0.610. The third kappa shape index (κ3) is 4.52. The second kappa shape index (κ2) is 7.73. The van der Waals surface area contributed by atoms with E-state index in [0.29, 0.717) is 10.7 Å². The van der Waals surface area contributed by atoms with Gasteiger partial charge in [0.15, 0.2) is 0 Å². The number of esters is 2. The minimum absolute atomic E-state index is 0.0739. The van der Waals surface area contributed by atoms with Crippen LogP contribution in [-0.2, 0) is 28.7 Å². The van der Waals surface area contributed by atoms with E-state index in [1.54, 1.807) is 18.4 Å². The first kappa shape index (κ1) is 16.9. The topological polar surface area (TPSA) is 102 Å². The van der Waals surface area contributed by atoms with Crippen molar-refractivity contribution in [2.24, 2.45) is 0 Å². The van der Waals surface area contributed by atoms with Crippen LogP contribution >= 0.6 is 11.3 Å². The van der Waals surface area contributed by atoms with Crippen LogP contribution in [0.15, 0.2) is 11.4 Å². The average molecular weight is 340 g/mol. The molecular formula is C14H16N2O6S. The summed E-state index contributed by atoms with van der Waals surface area (Å²) in [6, 6.07) is 1.70. The van der Waals surface area contributed by atoms with Crippen molar-refractivity contribution in [3.05, 3.63) is 11.4 Å². The predicted octanol–water partition coefficient (Wildman–Crippen LogP) is 0.920. The number of rotatable bonds is 6. The number of fused-ring (bicyclic) bond motifs is 1. The molecule has 9 heteroatoms. The highest BCUT2D eigenvalue weighted by molar-refractivity contribution is 7.15. The first-order valence-corrected chi connectivity index (χ1v) is 7.88. The normalized spacial score (nSPS) is 13.9. The number of nitrogens with one attached hydrogen (secondary N) is 1. The maximum absolute atomic E-state index is 12.1. The highest BCUT2D eigenvalue weighted by atomic mass is 32.1. The maximum Gasteiger partial charge on any atom is 0.317 e. The number of hydrogen-bond acceptors (Lipinski definition) is 7. The van der Waals surface area contributed by atoms with Crippen LogP contribution in [0.3, 0.4) is 0 Å². The van der Waals surface area contributed by atoms with Crippen LogP contribution in [0.4, 0.5) is 10.7 Å². The van der Waals surface area contributed by atoms with E-state index < -0.39 is 18.4 Å². The van der Waals surface area contributed by atoms with E-state index in [-0.39, 0.29) is 38.0 Å². The first-order valence-electron chi connectivity index (χ1n) is 7.00. The Balaban J connectivity index is 1.90. The number of nitrogens with zero attached hydrogens (tertiary/aromatic N) is 1. The third-order valence-corrected chi connectivity index (χ3v) is 3.88. The van der Waals surface area contributed by atoms with E-state index in [1.807, 2.05) is 0 Å². The fourth-order valence-electron chi connectivity index (χ4n) is 2.00. The van der Waals surface area contributed by atoms with Gasteiger partial charge < -0.3 is 14.8 Å². The number of ether oxygens (including phenoxy) is 2. The zero-order valence-corrected chi connectivity index (χ0v) is 13.3. The van der Waals surface area contributed by atoms with Gasteiger partial charge in [-0.2, -0.15) is 0 Å². The number of carbonyl (C=O) groups is 4. The molecule has 0 aliphatic carbocycles. The molecule has 23 heavy (non-hydrogen) atoms. The molecule has 1 aliphatic rings. The molecule has 2 amide bonds. The van der Waals surface area contributed by atoms with Crippen LogP contribution in [0.25, 0.3) is 0 Å². The number of hydrogen-bond donors (Lipinski definition) is 1. The molecule has 1 N–H and O–H groups in total. The predicted molar refractivity (Wildman–Crippen MR) is 82.1 cm³/mol. The summed E-state index contributed by atoms with van der Waals surface area (Å²) in [5.74, 6) is -2.12. The Hall–Kier alpha value is -2.42. The van der Waals surface area contributed by atoms with Crippen molar-refractivity contribution >= 4 is 45.8 Å². The summed E-state index contributed by atoms with van der Waals surface area (Å²) >= 11 is 1.30. The molecule has 0 saturated carbocycles. The fourth-order valence-corrected chi connectivity index (χ4v) is 2.90. The van der Waals surface area contributed by atoms with Crippen LogP contribution in [0.5, 0.6) is 0 Å². The van der Waals surface area contributed by atoms with E-state index in [1.165, 1.54) is 16.2 Å². The first-order chi connectivity index (χ1) is 11.0. The molecule has 0 radical (unpaired) electrons. The number of thiophene rings is 1. The molecule has 1 aromatic rings. The fraction of sp³-hybridized carbons (Fsp3) is 0.429. The van der Waals surface area contributed by atoms with Gasteiger partial charge in [0.2, 0.25) is 11.8 Å². The number of amides is 2. The lowest BCUT2D eigenvalue weighted by atomic mass is 10.3. The number of anilines is 2. The van der Waals surface area contributed by atoms with Crippen molar-refractivity contribution < 1.29 is 28.7 Å². The SMILES string of the molecule is CCOC(=O)CC(=O)OCCN1C(=O)CC(=O)Nc2ccsc21. The Morgan fingerprint density at radius 3 is 2.78 bits per heavy atom. The summed E-state index contributed by atoms with van der Waals surface area (Å²) in [4.78, 5) is 47.7. The largest absolute Gasteiger partial charge is 0.466 e. The Labute approximate surface area is 136 Å². The Morgan fingerprint density at radius 1 is 1.30 bits per heavy atom. The van der Waals surface area contributed by atoms with Gasteiger partial charge in [-0.25, -0.2) is 0 Å². The average Bonchev–Trinajstić information content (AvgIpc) is 2.87. The molecule has 0 fully saturated rings. The molecule has 0 unspecified atom stereocenters. The Morgan fingerprint density at radius 2 is 2.04 bits per heavy atom. The lowest BCUT2D eigenvalue weighted by molar-refractivity contribution is -0.154. The molecule has 1 aliphatic heterocycles. The maximum atomic E-state index is 12.1. The van der Waals surface area contributed by atoms with Gasteiger partial charge in [0.1, 0.15) is 24.4 Å². The van der Waals surface area contributed by atoms with E-state index in [4.69, 9.17) is 4.74 Å². The van der Waals surface area contributed by atoms with E-state index in [0.717, 1.165) is 0 Å². The van der Waals surface area contributed by atoms with Crippen molar-refractivity contribution in [1.29, 1.82) is 0 Å². The van der Waals surface area contributed by atoms with Crippen molar-refractivity contribution in [3.63, 3.8) is 0 Å². The van der Waals surface area contributed by atoms with E-state index in [2.05, 4.69) is 10.1 Å². The summed E-state index contributed by atoms with van der Waals surface area (Å²) in [5, 5.41) is 4.99. The summed E-state index contributed by atoms with van der Waals surface area (Å²) in [6.07, 6.45) is -0.732. The van der Waals surface area contributed by atoms with Crippen LogP contribution in [-0.4, -0.2) is 43.5 Å². The minimum Gasteiger partial charge on any atom is -0.466 e. The molecule has 0 aromatic carbocycles. The number of carbonyl (C=O) groups excluding carboxylic acids is 4. The van der Waals surface area contributed by atoms with Crippen LogP contribution < -0.4 is 10.2 Å². The van der Waals surface area contributed by atoms with Crippen LogP contribution in [0.2, 0.25) is 0 Å². The van der Waals surface area contributed by atoms with E-state index >= 15 is 0 Å². The summed E-state index contributed by atoms with van der Waals surface area (Å²) < 4.78 is 9.58. The van der Waals surface area contributed by atoms with Gasteiger partial charge in [-0.3, -0.25) is 24.1 Å². The Kier molecular flexibility index (Phi) is 5.69. The van der Waals surface area contributed by atoms with Crippen molar-refractivity contribution in [2.45, 2.75) is 19.8 Å². The van der Waals surface area contributed by atoms with Crippen molar-refractivity contribution in [1.82, 2.24) is 0 Å². The zero-order valence-electron chi connectivity index (χ0n) is 12.5. The molecule has 8 nitrogen and oxygen atoms in total. The molecule has 2 heterocycles.